The van der Waals surface area contributed by atoms with Crippen LogP contribution in [0.2, 0.25) is 0 Å². The number of piperidine rings is 3. The Morgan fingerprint density at radius 1 is 1.06 bits per heavy atom. The van der Waals surface area contributed by atoms with Crippen LogP contribution in [0, 0.1) is 11.8 Å². The number of nitrogens with one attached hydrogen (secondary N) is 1. The van der Waals surface area contributed by atoms with Gasteiger partial charge >= 0.3 is 0 Å². The molecule has 8 nitrogen and oxygen atoms in total. The number of carbonyl (C=O) groups is 1. The molecule has 4 saturated heterocycles. The van der Waals surface area contributed by atoms with Gasteiger partial charge in [-0.3, -0.25) is 4.79 Å². The Morgan fingerprint density at radius 3 is 2.58 bits per heavy atom. The van der Waals surface area contributed by atoms with Gasteiger partial charge in [0.25, 0.3) is 0 Å². The summed E-state index contributed by atoms with van der Waals surface area (Å²) >= 11 is 0. The zero-order chi connectivity index (χ0) is 24.5. The number of nitrogens with zero attached hydrogens (tertiary/aromatic N) is 5. The van der Waals surface area contributed by atoms with E-state index in [2.05, 4.69) is 44.5 Å². The maximum Gasteiger partial charge on any atom is 0.231 e. The van der Waals surface area contributed by atoms with E-state index in [1.165, 1.54) is 0 Å². The summed E-state index contributed by atoms with van der Waals surface area (Å²) in [5.74, 6) is 1.89. The Kier molecular flexibility index (Phi) is 6.35. The first-order valence-corrected chi connectivity index (χ1v) is 13.2. The molecule has 0 aliphatic carbocycles. The highest BCUT2D eigenvalue weighted by Gasteiger charge is 2.48. The highest BCUT2D eigenvalue weighted by Crippen LogP contribution is 2.31. The monoisotopic (exact) mass is 487 g/mol. The van der Waals surface area contributed by atoms with E-state index in [1.807, 2.05) is 41.1 Å². The van der Waals surface area contributed by atoms with E-state index in [1.54, 1.807) is 12.0 Å². The predicted octanol–water partition coefficient (Wildman–Crippen LogP) is 1.60. The van der Waals surface area contributed by atoms with Crippen LogP contribution in [0.4, 0.5) is 5.69 Å². The lowest BCUT2D eigenvalue weighted by Gasteiger charge is -2.47. The first-order valence-electron chi connectivity index (χ1n) is 13.2. The van der Waals surface area contributed by atoms with E-state index in [0.29, 0.717) is 17.9 Å². The quantitative estimate of drug-likeness (QED) is 0.572. The van der Waals surface area contributed by atoms with Crippen molar-refractivity contribution < 1.29 is 14.4 Å². The van der Waals surface area contributed by atoms with Crippen molar-refractivity contribution in [2.45, 2.75) is 25.4 Å². The molecule has 0 saturated carbocycles. The average molecular weight is 488 g/mol. The molecule has 1 aromatic heterocycles. The van der Waals surface area contributed by atoms with Crippen LogP contribution < -0.4 is 14.5 Å². The van der Waals surface area contributed by atoms with E-state index < -0.39 is 0 Å². The number of methoxy groups -OCH3 is 1. The first kappa shape index (κ1) is 23.0. The third-order valence-electron chi connectivity index (χ3n) is 8.40. The highest BCUT2D eigenvalue weighted by atomic mass is 16.5. The fraction of sp³-hybridized carbons (Fsp3) is 0.464. The SMILES string of the molecule is COc1ccccc1N1CCN(C(=O)[C@H]2C[NH+]3CC[C@H]2C[C@@H]3Cn2cc(-c3ccccc3)nn2)CC1. The molecule has 0 radical (unpaired) electrons. The van der Waals surface area contributed by atoms with Crippen molar-refractivity contribution in [3.63, 3.8) is 0 Å². The van der Waals surface area contributed by atoms with E-state index in [9.17, 15) is 4.79 Å². The zero-order valence-electron chi connectivity index (χ0n) is 20.9. The molecular weight excluding hydrogens is 452 g/mol. The lowest BCUT2D eigenvalue weighted by atomic mass is 9.75. The number of quaternary nitrogens is 1. The first-order chi connectivity index (χ1) is 17.7. The van der Waals surface area contributed by atoms with Crippen molar-refractivity contribution in [3.8, 4) is 17.0 Å². The van der Waals surface area contributed by atoms with E-state index in [-0.39, 0.29) is 5.92 Å². The standard InChI is InChI=1S/C28H34N6O2/c1-36-27-10-6-5-9-26(27)31-13-15-32(16-14-31)28(35)24-19-33-12-11-22(24)17-23(33)18-34-20-25(29-30-34)21-7-3-2-4-8-21/h2-10,20,22-24H,11-19H2,1H3/p+1/t22-,23+,24-/m0/s1. The number of hydrogen-bond donors (Lipinski definition) is 1. The van der Waals surface area contributed by atoms with Crippen molar-refractivity contribution in [2.75, 3.05) is 51.3 Å². The van der Waals surface area contributed by atoms with Gasteiger partial charge in [0.2, 0.25) is 5.91 Å². The van der Waals surface area contributed by atoms with Crippen molar-refractivity contribution in [3.05, 3.63) is 60.8 Å². The smallest absolute Gasteiger partial charge is 0.231 e. The molecule has 0 spiro atoms. The van der Waals surface area contributed by atoms with Crippen LogP contribution in [-0.4, -0.2) is 78.2 Å². The van der Waals surface area contributed by atoms with Crippen LogP contribution in [-0.2, 0) is 11.3 Å². The molecule has 8 heteroatoms. The fourth-order valence-electron chi connectivity index (χ4n) is 6.45. The lowest BCUT2D eigenvalue weighted by Crippen LogP contribution is -3.20. The van der Waals surface area contributed by atoms with Crippen molar-refractivity contribution >= 4 is 11.6 Å². The molecule has 4 atom stereocenters. The zero-order valence-corrected chi connectivity index (χ0v) is 20.9. The largest absolute Gasteiger partial charge is 0.495 e. The maximum atomic E-state index is 13.6. The molecule has 4 aliphatic rings. The summed E-state index contributed by atoms with van der Waals surface area (Å²) in [5.41, 5.74) is 3.13. The van der Waals surface area contributed by atoms with Crippen LogP contribution in [0.15, 0.2) is 60.8 Å². The van der Waals surface area contributed by atoms with E-state index >= 15 is 0 Å². The van der Waals surface area contributed by atoms with Gasteiger partial charge in [-0.25, -0.2) is 4.68 Å². The second kappa shape index (κ2) is 9.93. The summed E-state index contributed by atoms with van der Waals surface area (Å²) in [4.78, 5) is 19.6. The Bertz CT molecular complexity index is 1190. The summed E-state index contributed by atoms with van der Waals surface area (Å²) in [6.45, 7) is 6.21. The van der Waals surface area contributed by atoms with Gasteiger partial charge < -0.3 is 19.4 Å². The van der Waals surface area contributed by atoms with Crippen molar-refractivity contribution in [1.29, 1.82) is 0 Å². The van der Waals surface area contributed by atoms with Crippen molar-refractivity contribution in [1.82, 2.24) is 19.9 Å². The second-order valence-electron chi connectivity index (χ2n) is 10.4. The summed E-state index contributed by atoms with van der Waals surface area (Å²) in [6, 6.07) is 18.9. The molecule has 36 heavy (non-hydrogen) atoms. The van der Waals surface area contributed by atoms with E-state index in [4.69, 9.17) is 4.74 Å². The molecule has 3 aromatic rings. The van der Waals surface area contributed by atoms with Gasteiger partial charge in [0.15, 0.2) is 0 Å². The Labute approximate surface area is 212 Å². The summed E-state index contributed by atoms with van der Waals surface area (Å²) in [5, 5.41) is 8.80. The van der Waals surface area contributed by atoms with Crippen LogP contribution in [0.3, 0.4) is 0 Å². The molecular formula is C28H35N6O2+. The van der Waals surface area contributed by atoms with Crippen LogP contribution in [0.5, 0.6) is 5.75 Å². The molecule has 5 heterocycles. The second-order valence-corrected chi connectivity index (χ2v) is 10.4. The number of piperazine rings is 1. The molecule has 2 bridgehead atoms. The average Bonchev–Trinajstić information content (AvgIpc) is 3.42. The number of benzene rings is 2. The van der Waals surface area contributed by atoms with Gasteiger partial charge in [0, 0.05) is 44.6 Å². The minimum Gasteiger partial charge on any atom is -0.495 e. The number of ether oxygens (including phenoxy) is 1. The van der Waals surface area contributed by atoms with Gasteiger partial charge in [-0.05, 0) is 18.1 Å². The molecule has 4 fully saturated rings. The minimum absolute atomic E-state index is 0.151. The van der Waals surface area contributed by atoms with Gasteiger partial charge in [-0.15, -0.1) is 5.10 Å². The number of fused-ring (bicyclic) bond motifs is 3. The number of hydrogen-bond acceptors (Lipinski definition) is 5. The van der Waals surface area contributed by atoms with Gasteiger partial charge in [0.1, 0.15) is 17.5 Å². The Morgan fingerprint density at radius 2 is 1.83 bits per heavy atom. The predicted molar refractivity (Wildman–Crippen MR) is 138 cm³/mol. The van der Waals surface area contributed by atoms with Crippen molar-refractivity contribution in [2.24, 2.45) is 11.8 Å². The van der Waals surface area contributed by atoms with Gasteiger partial charge in [0.05, 0.1) is 44.5 Å². The summed E-state index contributed by atoms with van der Waals surface area (Å²) in [6.07, 6.45) is 4.30. The van der Waals surface area contributed by atoms with E-state index in [0.717, 1.165) is 81.3 Å². The fourth-order valence-corrected chi connectivity index (χ4v) is 6.45. The normalized spacial score (nSPS) is 25.7. The number of anilines is 1. The van der Waals surface area contributed by atoms with Gasteiger partial charge in [-0.1, -0.05) is 47.7 Å². The van der Waals surface area contributed by atoms with Crippen LogP contribution in [0.25, 0.3) is 11.3 Å². The number of rotatable bonds is 6. The number of aromatic nitrogens is 3. The summed E-state index contributed by atoms with van der Waals surface area (Å²) in [7, 11) is 1.72. The minimum atomic E-state index is 0.151. The summed E-state index contributed by atoms with van der Waals surface area (Å²) < 4.78 is 7.54. The maximum absolute atomic E-state index is 13.6. The van der Waals surface area contributed by atoms with Gasteiger partial charge in [-0.2, -0.15) is 0 Å². The number of amides is 1. The molecule has 4 aliphatic heterocycles. The van der Waals surface area contributed by atoms with Crippen LogP contribution >= 0.6 is 0 Å². The molecule has 2 aromatic carbocycles. The number of para-hydroxylation sites is 2. The molecule has 7 rings (SSSR count). The highest BCUT2D eigenvalue weighted by molar-refractivity contribution is 5.80. The Hall–Kier alpha value is -3.39. The molecule has 1 N–H and O–H groups in total. The third-order valence-corrected chi connectivity index (χ3v) is 8.40. The Balaban J connectivity index is 1.05. The third kappa shape index (κ3) is 4.46. The molecule has 1 amide bonds. The molecule has 1 unspecified atom stereocenters. The lowest BCUT2D eigenvalue weighted by molar-refractivity contribution is -0.945. The topological polar surface area (TPSA) is 67.9 Å². The van der Waals surface area contributed by atoms with Crippen LogP contribution in [0.1, 0.15) is 12.8 Å². The molecule has 188 valence electrons. The number of carbonyl (C=O) groups excluding carboxylic acids is 1.